The molecule has 0 aliphatic carbocycles. The fourth-order valence-electron chi connectivity index (χ4n) is 1.16. The van der Waals surface area contributed by atoms with Crippen molar-refractivity contribution in [3.8, 4) is 0 Å². The Morgan fingerprint density at radius 3 is 3.12 bits per heavy atom. The number of aromatic nitrogens is 2. The number of thioether (sulfide) groups is 1. The first kappa shape index (κ1) is 11.3. The van der Waals surface area contributed by atoms with Crippen molar-refractivity contribution in [2.24, 2.45) is 0 Å². The van der Waals surface area contributed by atoms with E-state index in [0.29, 0.717) is 0 Å². The second-order valence-corrected chi connectivity index (χ2v) is 5.11. The molecular formula is C10H10FN3S2. The molecule has 1 aromatic heterocycles. The standard InChI is InChI=1S/C10H10FN3S2/c11-8-2-1-3-9(6-8)12-4-5-15-10-13-7-14-16-10/h1-3,6-7,12H,4-5H2. The maximum Gasteiger partial charge on any atom is 0.169 e. The van der Waals surface area contributed by atoms with E-state index in [9.17, 15) is 4.39 Å². The summed E-state index contributed by atoms with van der Waals surface area (Å²) < 4.78 is 17.7. The molecule has 0 unspecified atom stereocenters. The van der Waals surface area contributed by atoms with Crippen LogP contribution in [0.15, 0.2) is 34.9 Å². The third kappa shape index (κ3) is 3.46. The van der Waals surface area contributed by atoms with Crippen LogP contribution in [0.25, 0.3) is 0 Å². The van der Waals surface area contributed by atoms with Crippen LogP contribution in [0.5, 0.6) is 0 Å². The molecule has 84 valence electrons. The van der Waals surface area contributed by atoms with E-state index >= 15 is 0 Å². The zero-order valence-electron chi connectivity index (χ0n) is 8.39. The van der Waals surface area contributed by atoms with Gasteiger partial charge >= 0.3 is 0 Å². The van der Waals surface area contributed by atoms with Crippen LogP contribution >= 0.6 is 23.3 Å². The van der Waals surface area contributed by atoms with Crippen LogP contribution in [-0.2, 0) is 0 Å². The number of hydrogen-bond donors (Lipinski definition) is 1. The van der Waals surface area contributed by atoms with Crippen LogP contribution < -0.4 is 5.32 Å². The SMILES string of the molecule is Fc1cccc(NCCSc2ncns2)c1. The van der Waals surface area contributed by atoms with Crippen molar-refractivity contribution < 1.29 is 4.39 Å². The van der Waals surface area contributed by atoms with E-state index in [4.69, 9.17) is 0 Å². The summed E-state index contributed by atoms with van der Waals surface area (Å²) in [7, 11) is 0. The third-order valence-electron chi connectivity index (χ3n) is 1.82. The van der Waals surface area contributed by atoms with Gasteiger partial charge in [-0.1, -0.05) is 17.8 Å². The summed E-state index contributed by atoms with van der Waals surface area (Å²) in [4.78, 5) is 4.06. The van der Waals surface area contributed by atoms with Crippen LogP contribution in [0, 0.1) is 5.82 Å². The van der Waals surface area contributed by atoms with Crippen molar-refractivity contribution in [3.05, 3.63) is 36.4 Å². The summed E-state index contributed by atoms with van der Waals surface area (Å²) in [6, 6.07) is 6.45. The predicted octanol–water partition coefficient (Wildman–Crippen LogP) is 2.88. The van der Waals surface area contributed by atoms with Gasteiger partial charge in [0, 0.05) is 18.0 Å². The minimum absolute atomic E-state index is 0.221. The number of rotatable bonds is 5. The van der Waals surface area contributed by atoms with Crippen molar-refractivity contribution in [3.63, 3.8) is 0 Å². The van der Waals surface area contributed by atoms with Crippen molar-refractivity contribution in [2.75, 3.05) is 17.6 Å². The molecule has 0 saturated heterocycles. The van der Waals surface area contributed by atoms with Crippen LogP contribution in [0.4, 0.5) is 10.1 Å². The molecule has 0 atom stereocenters. The van der Waals surface area contributed by atoms with Crippen LogP contribution in [0.3, 0.4) is 0 Å². The molecule has 0 bridgehead atoms. The number of nitrogens with zero attached hydrogens (tertiary/aromatic N) is 2. The lowest BCUT2D eigenvalue weighted by molar-refractivity contribution is 0.628. The number of hydrogen-bond acceptors (Lipinski definition) is 5. The molecule has 1 heterocycles. The molecule has 2 aromatic rings. The number of benzene rings is 1. The second-order valence-electron chi connectivity index (χ2n) is 2.99. The summed E-state index contributed by atoms with van der Waals surface area (Å²) in [6.45, 7) is 0.772. The van der Waals surface area contributed by atoms with E-state index in [2.05, 4.69) is 14.7 Å². The topological polar surface area (TPSA) is 37.8 Å². The van der Waals surface area contributed by atoms with Gasteiger partial charge < -0.3 is 5.32 Å². The average molecular weight is 255 g/mol. The summed E-state index contributed by atoms with van der Waals surface area (Å²) in [5.41, 5.74) is 0.804. The Labute approximate surface area is 101 Å². The summed E-state index contributed by atoms with van der Waals surface area (Å²) in [6.07, 6.45) is 1.55. The van der Waals surface area contributed by atoms with Gasteiger partial charge in [-0.3, -0.25) is 0 Å². The highest BCUT2D eigenvalue weighted by Crippen LogP contribution is 2.17. The third-order valence-corrected chi connectivity index (χ3v) is 3.62. The van der Waals surface area contributed by atoms with Crippen LogP contribution in [0.2, 0.25) is 0 Å². The highest BCUT2D eigenvalue weighted by molar-refractivity contribution is 8.00. The van der Waals surface area contributed by atoms with Gasteiger partial charge in [0.25, 0.3) is 0 Å². The molecule has 0 radical (unpaired) electrons. The van der Waals surface area contributed by atoms with Gasteiger partial charge in [0.15, 0.2) is 4.34 Å². The Hall–Kier alpha value is -1.14. The molecule has 2 rings (SSSR count). The first-order valence-electron chi connectivity index (χ1n) is 4.73. The van der Waals surface area contributed by atoms with Crippen LogP contribution in [0.1, 0.15) is 0 Å². The highest BCUT2D eigenvalue weighted by atomic mass is 32.2. The van der Waals surface area contributed by atoms with Gasteiger partial charge in [0.1, 0.15) is 12.1 Å². The van der Waals surface area contributed by atoms with E-state index < -0.39 is 0 Å². The van der Waals surface area contributed by atoms with Gasteiger partial charge in [-0.15, -0.1) is 0 Å². The molecule has 0 spiro atoms. The normalized spacial score (nSPS) is 10.3. The van der Waals surface area contributed by atoms with E-state index in [-0.39, 0.29) is 5.82 Å². The minimum atomic E-state index is -0.221. The molecule has 16 heavy (non-hydrogen) atoms. The van der Waals surface area contributed by atoms with Gasteiger partial charge in [-0.05, 0) is 29.7 Å². The number of nitrogens with one attached hydrogen (secondary N) is 1. The zero-order chi connectivity index (χ0) is 11.2. The maximum absolute atomic E-state index is 12.8. The lowest BCUT2D eigenvalue weighted by Crippen LogP contribution is -2.03. The molecular weight excluding hydrogens is 245 g/mol. The van der Waals surface area contributed by atoms with Crippen LogP contribution in [-0.4, -0.2) is 21.7 Å². The van der Waals surface area contributed by atoms with Crippen molar-refractivity contribution in [2.45, 2.75) is 4.34 Å². The van der Waals surface area contributed by atoms with E-state index in [1.54, 1.807) is 24.2 Å². The molecule has 6 heteroatoms. The van der Waals surface area contributed by atoms with Crippen molar-refractivity contribution >= 4 is 29.0 Å². The fourth-order valence-corrected chi connectivity index (χ4v) is 2.53. The number of halogens is 1. The van der Waals surface area contributed by atoms with Gasteiger partial charge in [0.2, 0.25) is 0 Å². The van der Waals surface area contributed by atoms with Gasteiger partial charge in [-0.2, -0.15) is 4.37 Å². The first-order chi connectivity index (χ1) is 7.84. The zero-order valence-corrected chi connectivity index (χ0v) is 10.0. The van der Waals surface area contributed by atoms with Gasteiger partial charge in [-0.25, -0.2) is 9.37 Å². The molecule has 1 N–H and O–H groups in total. The molecule has 1 aromatic carbocycles. The Bertz CT molecular complexity index is 433. The summed E-state index contributed by atoms with van der Waals surface area (Å²) >= 11 is 3.02. The Morgan fingerprint density at radius 1 is 1.44 bits per heavy atom. The quantitative estimate of drug-likeness (QED) is 0.658. The Balaban J connectivity index is 1.72. The largest absolute Gasteiger partial charge is 0.384 e. The molecule has 3 nitrogen and oxygen atoms in total. The molecule has 0 saturated carbocycles. The monoisotopic (exact) mass is 255 g/mol. The van der Waals surface area contributed by atoms with Crippen molar-refractivity contribution in [1.29, 1.82) is 0 Å². The maximum atomic E-state index is 12.8. The number of anilines is 1. The lowest BCUT2D eigenvalue weighted by atomic mass is 10.3. The average Bonchev–Trinajstić information content (AvgIpc) is 2.77. The van der Waals surface area contributed by atoms with E-state index in [1.807, 2.05) is 6.07 Å². The van der Waals surface area contributed by atoms with Gasteiger partial charge in [0.05, 0.1) is 0 Å². The second kappa shape index (κ2) is 5.81. The Kier molecular flexibility index (Phi) is 4.12. The molecule has 0 aliphatic rings. The smallest absolute Gasteiger partial charge is 0.169 e. The van der Waals surface area contributed by atoms with E-state index in [0.717, 1.165) is 22.3 Å². The predicted molar refractivity (Wildman–Crippen MR) is 65.5 cm³/mol. The molecule has 0 aliphatic heterocycles. The first-order valence-corrected chi connectivity index (χ1v) is 6.49. The molecule has 0 amide bonds. The molecule has 0 fully saturated rings. The van der Waals surface area contributed by atoms with E-state index in [1.165, 1.54) is 23.7 Å². The minimum Gasteiger partial charge on any atom is -0.384 e. The Morgan fingerprint density at radius 2 is 2.38 bits per heavy atom. The van der Waals surface area contributed by atoms with Crippen molar-refractivity contribution in [1.82, 2.24) is 9.36 Å². The highest BCUT2D eigenvalue weighted by Gasteiger charge is 1.97. The summed E-state index contributed by atoms with van der Waals surface area (Å²) in [5.74, 6) is 0.660. The fraction of sp³-hybridized carbons (Fsp3) is 0.200. The summed E-state index contributed by atoms with van der Waals surface area (Å²) in [5, 5.41) is 3.14. The lowest BCUT2D eigenvalue weighted by Gasteiger charge is -2.04.